The third-order valence-electron chi connectivity index (χ3n) is 22.9. The van der Waals surface area contributed by atoms with Gasteiger partial charge < -0.3 is 64.8 Å². The Labute approximate surface area is 587 Å². The fraction of sp³-hybridized carbons (Fsp3) is 0.829. The molecule has 3 heterocycles. The van der Waals surface area contributed by atoms with Gasteiger partial charge in [-0.15, -0.1) is 11.6 Å². The number of rotatable bonds is 10. The number of carbonyl (C=O) groups excluding carboxylic acids is 12. The van der Waals surface area contributed by atoms with Crippen molar-refractivity contribution in [2.45, 2.75) is 235 Å². The van der Waals surface area contributed by atoms with E-state index in [4.69, 9.17) is 16.3 Å². The van der Waals surface area contributed by atoms with Gasteiger partial charge in [-0.2, -0.15) is 13.2 Å². The summed E-state index contributed by atoms with van der Waals surface area (Å²) in [6.45, 7) is 8.06. The number of nitrogens with one attached hydrogen (secondary N) is 3. The van der Waals surface area contributed by atoms with E-state index in [1.165, 1.54) is 78.6 Å². The van der Waals surface area contributed by atoms with Crippen molar-refractivity contribution in [2.75, 3.05) is 101 Å². The lowest BCUT2D eigenvalue weighted by Crippen LogP contribution is -2.65. The van der Waals surface area contributed by atoms with Gasteiger partial charge in [0.05, 0.1) is 45.2 Å². The van der Waals surface area contributed by atoms with E-state index in [1.54, 1.807) is 13.8 Å². The lowest BCUT2D eigenvalue weighted by molar-refractivity contribution is -0.182. The van der Waals surface area contributed by atoms with E-state index in [9.17, 15) is 46.7 Å². The third kappa shape index (κ3) is 19.9. The number of hydrogen-bond donors (Lipinski definition) is 3. The molecule has 0 bridgehead atoms. The molecular weight excluding hydrogens is 1310 g/mol. The lowest BCUT2D eigenvalue weighted by atomic mass is 9.78. The Morgan fingerprint density at radius 1 is 0.646 bits per heavy atom. The molecule has 7 fully saturated rings. The van der Waals surface area contributed by atoms with Gasteiger partial charge in [0.2, 0.25) is 70.9 Å². The van der Waals surface area contributed by atoms with Gasteiger partial charge in [0.25, 0.3) is 0 Å². The van der Waals surface area contributed by atoms with Crippen LogP contribution in [0.15, 0.2) is 0 Å². The normalized spacial score (nSPS) is 31.4. The number of hydrogen-bond acceptors (Lipinski definition) is 13. The molecule has 25 nitrogen and oxygen atoms in total. The topological polar surface area (TPSA) is 279 Å². The van der Waals surface area contributed by atoms with Crippen LogP contribution in [0.4, 0.5) is 13.2 Å². The van der Waals surface area contributed by atoms with Crippen LogP contribution in [0.3, 0.4) is 0 Å². The second-order valence-corrected chi connectivity index (χ2v) is 30.3. The van der Waals surface area contributed by atoms with Crippen molar-refractivity contribution in [2.24, 2.45) is 35.5 Å². The van der Waals surface area contributed by atoms with Gasteiger partial charge in [0.15, 0.2) is 0 Å². The van der Waals surface area contributed by atoms with E-state index in [0.717, 1.165) is 53.2 Å². The summed E-state index contributed by atoms with van der Waals surface area (Å²) in [5.74, 6) is -10.2. The Kier molecular flexibility index (Phi) is 28.7. The predicted molar refractivity (Wildman–Crippen MR) is 362 cm³/mol. The van der Waals surface area contributed by atoms with Crippen molar-refractivity contribution >= 4 is 82.5 Å². The Morgan fingerprint density at radius 2 is 1.26 bits per heavy atom. The van der Waals surface area contributed by atoms with E-state index < -0.39 is 174 Å². The fourth-order valence-corrected chi connectivity index (χ4v) is 16.6. The number of amides is 12. The first-order valence-electron chi connectivity index (χ1n) is 36.4. The number of halogens is 4. The van der Waals surface area contributed by atoms with Gasteiger partial charge in [-0.05, 0) is 120 Å². The number of alkyl halides is 4. The highest BCUT2D eigenvalue weighted by molar-refractivity contribution is 6.21. The number of morpholine rings is 1. The number of likely N-dealkylation sites (N-methyl/N-ethyl adjacent to an activating group) is 7. The van der Waals surface area contributed by atoms with Crippen molar-refractivity contribution in [1.29, 1.82) is 0 Å². The average molecular weight is 1420 g/mol. The maximum atomic E-state index is 15.6. The van der Waals surface area contributed by atoms with Crippen molar-refractivity contribution in [3.63, 3.8) is 0 Å². The van der Waals surface area contributed by atoms with E-state index in [0.29, 0.717) is 44.4 Å². The minimum Gasteiger partial charge on any atom is -0.378 e. The molecule has 11 atom stereocenters. The first-order valence-corrected chi connectivity index (χ1v) is 36.8. The Bertz CT molecular complexity index is 2890. The van der Waals surface area contributed by atoms with Crippen LogP contribution in [0.2, 0.25) is 0 Å². The molecule has 7 aliphatic rings. The van der Waals surface area contributed by atoms with Crippen LogP contribution < -0.4 is 16.0 Å². The standard InChI is InChI=1S/C70H112ClF3N12O13/c1-12-44(4)59-66(96)80(8)41-57(89)78(6)42-58(90)85(13-2)54(38-47-24-22-43(3)23-25-47)64(94)79(7)40-55(87)75-51(29-27-46-26-28-49(50(71)37-46)70(72,73)74)63(93)86-32-18-21-52(86)62(92)77-69(30-16-17-31-69)68(98)83(11)60(48-19-14-15-20-48)67(97)82(10)53(65(95)84-33-35-99-36-34-84)39-56(88)81(9)45(5)61(91)76-59/h43-54,59-60H,12-42H2,1-11H3,(H,75,87)(H,76,91)(H,77,92)/t43?,44-,45-,46?,47?,49?,50?,51-,52-,53-,54-,59-,60-/m0/s1. The van der Waals surface area contributed by atoms with Crippen LogP contribution in [0.25, 0.3) is 0 Å². The molecule has 0 aromatic carbocycles. The Balaban J connectivity index is 1.26. The number of ether oxygens (including phenoxy) is 1. The van der Waals surface area contributed by atoms with Crippen molar-refractivity contribution in [3.05, 3.63) is 0 Å². The van der Waals surface area contributed by atoms with Gasteiger partial charge in [-0.1, -0.05) is 78.6 Å². The first-order chi connectivity index (χ1) is 46.7. The van der Waals surface area contributed by atoms with Gasteiger partial charge >= 0.3 is 6.18 Å². The summed E-state index contributed by atoms with van der Waals surface area (Å²) in [7, 11) is 8.48. The lowest BCUT2D eigenvalue weighted by Gasteiger charge is -2.42. The van der Waals surface area contributed by atoms with E-state index in [1.807, 2.05) is 6.92 Å². The summed E-state index contributed by atoms with van der Waals surface area (Å²) in [6, 6.07) is -8.65. The van der Waals surface area contributed by atoms with E-state index >= 15 is 24.0 Å². The molecule has 0 radical (unpaired) electrons. The molecule has 3 saturated heterocycles. The summed E-state index contributed by atoms with van der Waals surface area (Å²) >= 11 is 6.41. The highest BCUT2D eigenvalue weighted by atomic mass is 35.5. The summed E-state index contributed by atoms with van der Waals surface area (Å²) in [6.07, 6.45) is 3.43. The second kappa shape index (κ2) is 35.5. The maximum absolute atomic E-state index is 15.6. The maximum Gasteiger partial charge on any atom is 0.393 e. The molecule has 29 heteroatoms. The summed E-state index contributed by atoms with van der Waals surface area (Å²) in [4.78, 5) is 190. The summed E-state index contributed by atoms with van der Waals surface area (Å²) in [5, 5.41) is 7.50. The van der Waals surface area contributed by atoms with Crippen molar-refractivity contribution in [3.8, 4) is 0 Å². The Hall–Kier alpha value is -6.32. The molecule has 99 heavy (non-hydrogen) atoms. The summed E-state index contributed by atoms with van der Waals surface area (Å²) in [5.41, 5.74) is -1.56. The molecule has 0 aromatic rings. The van der Waals surface area contributed by atoms with Crippen molar-refractivity contribution in [1.82, 2.24) is 60.0 Å². The predicted octanol–water partition coefficient (Wildman–Crippen LogP) is 4.55. The van der Waals surface area contributed by atoms with E-state index in [2.05, 4.69) is 22.9 Å². The van der Waals surface area contributed by atoms with Crippen LogP contribution in [-0.4, -0.2) is 276 Å². The quantitative estimate of drug-likeness (QED) is 0.254. The van der Waals surface area contributed by atoms with Crippen LogP contribution in [0, 0.1) is 35.5 Å². The van der Waals surface area contributed by atoms with Crippen molar-refractivity contribution < 1.29 is 75.4 Å². The zero-order valence-electron chi connectivity index (χ0n) is 60.3. The molecule has 4 aliphatic carbocycles. The first kappa shape index (κ1) is 80.0. The number of nitrogens with zero attached hydrogens (tertiary/aromatic N) is 9. The molecule has 3 unspecified atom stereocenters. The summed E-state index contributed by atoms with van der Waals surface area (Å²) < 4.78 is 47.6. The van der Waals surface area contributed by atoms with Gasteiger partial charge in [0.1, 0.15) is 47.8 Å². The Morgan fingerprint density at radius 3 is 1.87 bits per heavy atom. The van der Waals surface area contributed by atoms with Crippen LogP contribution >= 0.6 is 11.6 Å². The molecule has 12 amide bonds. The minimum absolute atomic E-state index is 0.00130. The zero-order chi connectivity index (χ0) is 73.0. The molecule has 4 saturated carbocycles. The smallest absolute Gasteiger partial charge is 0.378 e. The number of fused-ring (bicyclic) bond motifs is 1. The van der Waals surface area contributed by atoms with Crippen LogP contribution in [-0.2, 0) is 62.3 Å². The van der Waals surface area contributed by atoms with Gasteiger partial charge in [-0.3, -0.25) is 57.5 Å². The van der Waals surface area contributed by atoms with Gasteiger partial charge in [0, 0.05) is 73.8 Å². The molecule has 7 rings (SSSR count). The highest BCUT2D eigenvalue weighted by Crippen LogP contribution is 2.44. The van der Waals surface area contributed by atoms with Gasteiger partial charge in [-0.25, -0.2) is 0 Å². The molecule has 3 N–H and O–H groups in total. The fourth-order valence-electron chi connectivity index (χ4n) is 16.1. The minimum atomic E-state index is -4.51. The average Bonchev–Trinajstić information content (AvgIpc) is 1.75. The molecular formula is C70H112ClF3N12O13. The number of carbonyl (C=O) groups is 12. The highest BCUT2D eigenvalue weighted by Gasteiger charge is 2.52. The molecule has 3 aliphatic heterocycles. The SMILES string of the molecule is CC[C@H](C)[C@@H]1NC(=O)[C@H](C)N(C)C(=O)C[C@@H](C(=O)N2CCOCC2)N(C)C(=O)[C@H](C2CCCC2)N(C)C(=O)C2(CCCC2)NC(=O)[C@@H]2CCCN2C(=O)[C@H](CCC2CCC(C(F)(F)F)C(Cl)C2)NC(=O)CN(C)C(=O)[C@H](CC2CCC(C)CC2)N(CC)C(=O)CN(C)C(=O)CN(C)C1=O. The molecule has 0 aromatic heterocycles. The molecule has 558 valence electrons. The largest absolute Gasteiger partial charge is 0.393 e. The van der Waals surface area contributed by atoms with Crippen LogP contribution in [0.1, 0.15) is 176 Å². The second-order valence-electron chi connectivity index (χ2n) is 29.8. The van der Waals surface area contributed by atoms with E-state index in [-0.39, 0.29) is 109 Å². The monoisotopic (exact) mass is 1420 g/mol. The third-order valence-corrected chi connectivity index (χ3v) is 23.4. The zero-order valence-corrected chi connectivity index (χ0v) is 61.1. The molecule has 1 spiro atoms. The van der Waals surface area contributed by atoms with Crippen LogP contribution in [0.5, 0.6) is 0 Å².